The van der Waals surface area contributed by atoms with Gasteiger partial charge in [-0.25, -0.2) is 9.78 Å². The van der Waals surface area contributed by atoms with Gasteiger partial charge in [-0.3, -0.25) is 14.4 Å². The fourth-order valence-electron chi connectivity index (χ4n) is 2.42. The SMILES string of the molecule is Cc1nc2oc3ccccc3c(=O)c2cc1C(=O)CC(=O)C(=O)O. The fraction of sp³-hybridized carbons (Fsp3) is 0.118. The van der Waals surface area contributed by atoms with Gasteiger partial charge in [-0.1, -0.05) is 12.1 Å². The second kappa shape index (κ2) is 5.69. The minimum atomic E-state index is -1.68. The van der Waals surface area contributed by atoms with Crippen molar-refractivity contribution in [3.05, 3.63) is 51.8 Å². The maximum Gasteiger partial charge on any atom is 0.372 e. The Bertz CT molecular complexity index is 1080. The average Bonchev–Trinajstić information content (AvgIpc) is 2.54. The molecule has 0 aliphatic heterocycles. The number of carbonyl (C=O) groups excluding carboxylic acids is 2. The third-order valence-corrected chi connectivity index (χ3v) is 3.62. The molecule has 24 heavy (non-hydrogen) atoms. The normalized spacial score (nSPS) is 10.9. The lowest BCUT2D eigenvalue weighted by Gasteiger charge is -2.06. The summed E-state index contributed by atoms with van der Waals surface area (Å²) in [6.45, 7) is 1.52. The molecule has 0 spiro atoms. The third-order valence-electron chi connectivity index (χ3n) is 3.62. The summed E-state index contributed by atoms with van der Waals surface area (Å²) in [5.41, 5.74) is 0.390. The van der Waals surface area contributed by atoms with E-state index in [0.717, 1.165) is 0 Å². The zero-order chi connectivity index (χ0) is 17.4. The molecule has 2 heterocycles. The highest BCUT2D eigenvalue weighted by atomic mass is 16.4. The molecule has 0 aliphatic carbocycles. The Morgan fingerprint density at radius 3 is 2.58 bits per heavy atom. The molecule has 120 valence electrons. The number of carbonyl (C=O) groups is 3. The molecule has 0 atom stereocenters. The van der Waals surface area contributed by atoms with Crippen molar-refractivity contribution < 1.29 is 23.9 Å². The molecule has 3 aromatic rings. The van der Waals surface area contributed by atoms with E-state index in [9.17, 15) is 19.2 Å². The van der Waals surface area contributed by atoms with Gasteiger partial charge in [0, 0.05) is 5.56 Å². The lowest BCUT2D eigenvalue weighted by Crippen LogP contribution is -2.18. The van der Waals surface area contributed by atoms with Gasteiger partial charge in [0.25, 0.3) is 0 Å². The number of para-hydroxylation sites is 1. The van der Waals surface area contributed by atoms with Crippen LogP contribution >= 0.6 is 0 Å². The van der Waals surface area contributed by atoms with E-state index in [1.54, 1.807) is 24.3 Å². The summed E-state index contributed by atoms with van der Waals surface area (Å²) in [4.78, 5) is 50.6. The first-order chi connectivity index (χ1) is 11.4. The molecule has 7 nitrogen and oxygen atoms in total. The summed E-state index contributed by atoms with van der Waals surface area (Å²) in [7, 11) is 0. The van der Waals surface area contributed by atoms with Crippen LogP contribution < -0.4 is 5.43 Å². The number of Topliss-reactive ketones (excluding diaryl/α,β-unsaturated/α-hetero) is 2. The van der Waals surface area contributed by atoms with E-state index in [2.05, 4.69) is 4.98 Å². The molecule has 0 amide bonds. The highest BCUT2D eigenvalue weighted by Gasteiger charge is 2.21. The number of carboxylic acid groups (broad SMARTS) is 1. The van der Waals surface area contributed by atoms with Gasteiger partial charge in [-0.05, 0) is 25.1 Å². The standard InChI is InChI=1S/C17H11NO6/c1-8-10(12(19)7-13(20)17(22)23)6-11-15(21)9-4-2-3-5-14(9)24-16(11)18-8/h2-6H,7H2,1H3,(H,22,23). The number of fused-ring (bicyclic) bond motifs is 2. The summed E-state index contributed by atoms with van der Waals surface area (Å²) < 4.78 is 5.58. The molecule has 0 unspecified atom stereocenters. The van der Waals surface area contributed by atoms with Gasteiger partial charge in [0.15, 0.2) is 5.78 Å². The zero-order valence-corrected chi connectivity index (χ0v) is 12.5. The van der Waals surface area contributed by atoms with Crippen molar-refractivity contribution in [1.82, 2.24) is 4.98 Å². The summed E-state index contributed by atoms with van der Waals surface area (Å²) in [6.07, 6.45) is -0.789. The number of rotatable bonds is 4. The van der Waals surface area contributed by atoms with E-state index >= 15 is 0 Å². The molecule has 0 saturated heterocycles. The van der Waals surface area contributed by atoms with E-state index in [1.165, 1.54) is 13.0 Å². The van der Waals surface area contributed by atoms with E-state index in [-0.39, 0.29) is 27.8 Å². The van der Waals surface area contributed by atoms with E-state index in [0.29, 0.717) is 11.0 Å². The minimum absolute atomic E-state index is 0.0275. The fourth-order valence-corrected chi connectivity index (χ4v) is 2.42. The molecule has 0 aliphatic rings. The Morgan fingerprint density at radius 2 is 1.88 bits per heavy atom. The Labute approximate surface area is 134 Å². The van der Waals surface area contributed by atoms with Crippen LogP contribution in [-0.2, 0) is 9.59 Å². The number of hydrogen-bond donors (Lipinski definition) is 1. The molecule has 0 fully saturated rings. The molecule has 1 aromatic carbocycles. The van der Waals surface area contributed by atoms with Crippen molar-refractivity contribution in [3.8, 4) is 0 Å². The van der Waals surface area contributed by atoms with Gasteiger partial charge in [0.05, 0.1) is 22.9 Å². The number of aliphatic carboxylic acids is 1. The van der Waals surface area contributed by atoms with Crippen molar-refractivity contribution in [2.75, 3.05) is 0 Å². The highest BCUT2D eigenvalue weighted by molar-refractivity contribution is 6.37. The van der Waals surface area contributed by atoms with E-state index in [1.807, 2.05) is 0 Å². The number of nitrogens with zero attached hydrogens (tertiary/aromatic N) is 1. The Morgan fingerprint density at radius 1 is 1.17 bits per heavy atom. The molecule has 0 bridgehead atoms. The third kappa shape index (κ3) is 2.56. The number of ketones is 2. The van der Waals surface area contributed by atoms with E-state index < -0.39 is 24.0 Å². The first-order valence-corrected chi connectivity index (χ1v) is 7.01. The van der Waals surface area contributed by atoms with Crippen molar-refractivity contribution in [3.63, 3.8) is 0 Å². The van der Waals surface area contributed by atoms with Crippen LogP contribution in [-0.4, -0.2) is 27.6 Å². The maximum atomic E-state index is 12.5. The Kier molecular flexibility index (Phi) is 3.69. The monoisotopic (exact) mass is 325 g/mol. The van der Waals surface area contributed by atoms with Gasteiger partial charge in [-0.15, -0.1) is 0 Å². The second-order valence-corrected chi connectivity index (χ2v) is 5.23. The van der Waals surface area contributed by atoms with Crippen molar-refractivity contribution in [2.45, 2.75) is 13.3 Å². The molecule has 7 heteroatoms. The smallest absolute Gasteiger partial charge is 0.372 e. The second-order valence-electron chi connectivity index (χ2n) is 5.23. The van der Waals surface area contributed by atoms with Gasteiger partial charge in [0.2, 0.25) is 16.9 Å². The highest BCUT2D eigenvalue weighted by Crippen LogP contribution is 2.20. The Hall–Kier alpha value is -3.35. The summed E-state index contributed by atoms with van der Waals surface area (Å²) in [5, 5.41) is 9.04. The van der Waals surface area contributed by atoms with Crippen molar-refractivity contribution in [2.24, 2.45) is 0 Å². The number of pyridine rings is 1. The van der Waals surface area contributed by atoms with Crippen LogP contribution in [0.4, 0.5) is 0 Å². The largest absolute Gasteiger partial charge is 0.475 e. The zero-order valence-electron chi connectivity index (χ0n) is 12.5. The predicted molar refractivity (Wildman–Crippen MR) is 84.1 cm³/mol. The van der Waals surface area contributed by atoms with Gasteiger partial charge < -0.3 is 9.52 Å². The van der Waals surface area contributed by atoms with Crippen LogP contribution in [0, 0.1) is 6.92 Å². The van der Waals surface area contributed by atoms with E-state index in [4.69, 9.17) is 9.52 Å². The molecule has 0 saturated carbocycles. The molecule has 1 N–H and O–H groups in total. The average molecular weight is 325 g/mol. The molecule has 2 aromatic heterocycles. The van der Waals surface area contributed by atoms with Crippen LogP contribution in [0.25, 0.3) is 22.1 Å². The molecule has 0 radical (unpaired) electrons. The first-order valence-electron chi connectivity index (χ1n) is 7.01. The summed E-state index contributed by atoms with van der Waals surface area (Å²) >= 11 is 0. The van der Waals surface area contributed by atoms with Crippen molar-refractivity contribution in [1.29, 1.82) is 0 Å². The van der Waals surface area contributed by atoms with Crippen LogP contribution in [0.3, 0.4) is 0 Å². The molecular weight excluding hydrogens is 314 g/mol. The maximum absolute atomic E-state index is 12.5. The summed E-state index contributed by atoms with van der Waals surface area (Å²) in [6, 6.07) is 7.94. The molecule has 3 rings (SSSR count). The van der Waals surface area contributed by atoms with Crippen LogP contribution in [0.2, 0.25) is 0 Å². The number of carboxylic acids is 1. The first kappa shape index (κ1) is 15.5. The van der Waals surface area contributed by atoms with Gasteiger partial charge in [-0.2, -0.15) is 0 Å². The predicted octanol–water partition coefficient (Wildman–Crippen LogP) is 1.88. The minimum Gasteiger partial charge on any atom is -0.475 e. The lowest BCUT2D eigenvalue weighted by atomic mass is 10.0. The van der Waals surface area contributed by atoms with Gasteiger partial charge in [0.1, 0.15) is 5.58 Å². The van der Waals surface area contributed by atoms with Crippen LogP contribution in [0.15, 0.2) is 39.5 Å². The Balaban J connectivity index is 2.19. The van der Waals surface area contributed by atoms with Crippen LogP contribution in [0.1, 0.15) is 22.5 Å². The number of aromatic nitrogens is 1. The summed E-state index contributed by atoms with van der Waals surface area (Å²) in [5.74, 6) is -3.60. The van der Waals surface area contributed by atoms with Crippen molar-refractivity contribution >= 4 is 39.6 Å². The quantitative estimate of drug-likeness (QED) is 0.337. The lowest BCUT2D eigenvalue weighted by molar-refractivity contribution is -0.148. The van der Waals surface area contributed by atoms with Crippen LogP contribution in [0.5, 0.6) is 0 Å². The number of benzene rings is 1. The van der Waals surface area contributed by atoms with Gasteiger partial charge >= 0.3 is 5.97 Å². The number of hydrogen-bond acceptors (Lipinski definition) is 6. The number of aryl methyl sites for hydroxylation is 1. The topological polar surface area (TPSA) is 115 Å². The molecular formula is C17H11NO6.